The number of benzene rings is 1. The number of carboxylic acids is 1. The average molecular weight is 241 g/mol. The van der Waals surface area contributed by atoms with Crippen molar-refractivity contribution in [2.45, 2.75) is 12.5 Å². The summed E-state index contributed by atoms with van der Waals surface area (Å²) in [6, 6.07) is 4.37. The van der Waals surface area contributed by atoms with Gasteiger partial charge in [0.1, 0.15) is 6.04 Å². The molecule has 1 rings (SSSR count). The predicted molar refractivity (Wildman–Crippen MR) is 60.0 cm³/mol. The first-order chi connectivity index (χ1) is 8.06. The number of hydrogen-bond acceptors (Lipinski definition) is 2. The van der Waals surface area contributed by atoms with Crippen molar-refractivity contribution in [3.63, 3.8) is 0 Å². The molecule has 0 bridgehead atoms. The van der Waals surface area contributed by atoms with Crippen LogP contribution in [0.4, 0.5) is 8.78 Å². The molecule has 0 heterocycles. The Labute approximate surface area is 97.8 Å². The first-order valence-electron chi connectivity index (χ1n) is 5.01. The topological polar surface area (TPSA) is 49.3 Å². The van der Waals surface area contributed by atoms with Crippen LogP contribution in [0.25, 0.3) is 0 Å². The van der Waals surface area contributed by atoms with Gasteiger partial charge in [-0.25, -0.2) is 8.78 Å². The van der Waals surface area contributed by atoms with Crippen molar-refractivity contribution in [2.75, 3.05) is 6.54 Å². The first-order valence-corrected chi connectivity index (χ1v) is 5.01. The fourth-order valence-corrected chi connectivity index (χ4v) is 1.42. The smallest absolute Gasteiger partial charge is 0.325 e. The number of halogens is 2. The Hall–Kier alpha value is -1.75. The lowest BCUT2D eigenvalue weighted by molar-refractivity contribution is -0.139. The molecule has 17 heavy (non-hydrogen) atoms. The van der Waals surface area contributed by atoms with E-state index in [9.17, 15) is 13.6 Å². The molecule has 0 aliphatic heterocycles. The number of hydrogen-bond donors (Lipinski definition) is 2. The normalized spacial score (nSPS) is 12.4. The summed E-state index contributed by atoms with van der Waals surface area (Å²) >= 11 is 0. The third-order valence-electron chi connectivity index (χ3n) is 2.21. The monoisotopic (exact) mass is 241 g/mol. The van der Waals surface area contributed by atoms with Crippen LogP contribution in [-0.2, 0) is 4.79 Å². The number of rotatable bonds is 6. The summed E-state index contributed by atoms with van der Waals surface area (Å²) in [7, 11) is 0. The van der Waals surface area contributed by atoms with E-state index in [0.29, 0.717) is 5.56 Å². The van der Waals surface area contributed by atoms with Gasteiger partial charge in [0.05, 0.1) is 0 Å². The Morgan fingerprint density at radius 1 is 1.47 bits per heavy atom. The molecule has 1 aromatic carbocycles. The number of carboxylic acid groups (broad SMARTS) is 1. The zero-order valence-corrected chi connectivity index (χ0v) is 9.07. The Kier molecular flexibility index (Phi) is 4.78. The maximum absolute atomic E-state index is 12.5. The molecule has 3 nitrogen and oxygen atoms in total. The number of carbonyl (C=O) groups is 1. The fraction of sp³-hybridized carbons (Fsp3) is 0.250. The van der Waals surface area contributed by atoms with Crippen molar-refractivity contribution in [1.82, 2.24) is 5.32 Å². The summed E-state index contributed by atoms with van der Waals surface area (Å²) in [6.07, 6.45) is -1.10. The van der Waals surface area contributed by atoms with Crippen molar-refractivity contribution in [2.24, 2.45) is 0 Å². The highest BCUT2D eigenvalue weighted by molar-refractivity contribution is 5.75. The molecule has 0 spiro atoms. The van der Waals surface area contributed by atoms with E-state index in [2.05, 4.69) is 11.9 Å². The second kappa shape index (κ2) is 6.10. The molecule has 0 radical (unpaired) electrons. The summed E-state index contributed by atoms with van der Waals surface area (Å²) in [5.41, 5.74) is 0.117. The number of nitrogens with one attached hydrogen (secondary N) is 1. The molecule has 0 aliphatic rings. The van der Waals surface area contributed by atoms with Gasteiger partial charge in [0.25, 0.3) is 6.43 Å². The Bertz CT molecular complexity index is 407. The second-order valence-electron chi connectivity index (χ2n) is 3.44. The van der Waals surface area contributed by atoms with Crippen LogP contribution >= 0.6 is 0 Å². The third kappa shape index (κ3) is 3.64. The van der Waals surface area contributed by atoms with Crippen LogP contribution in [0.5, 0.6) is 0 Å². The van der Waals surface area contributed by atoms with Crippen LogP contribution in [-0.4, -0.2) is 17.6 Å². The van der Waals surface area contributed by atoms with Gasteiger partial charge in [-0.15, -0.1) is 6.58 Å². The zero-order chi connectivity index (χ0) is 12.8. The first kappa shape index (κ1) is 13.3. The standard InChI is InChI=1S/C12H13F2NO2/c1-2-6-15-10(12(16)17)8-4-3-5-9(7-8)11(13)14/h2-5,7,10-11,15H,1,6H2,(H,16,17). The van der Waals surface area contributed by atoms with E-state index in [1.54, 1.807) is 0 Å². The van der Waals surface area contributed by atoms with Crippen LogP contribution < -0.4 is 5.32 Å². The second-order valence-corrected chi connectivity index (χ2v) is 3.44. The summed E-state index contributed by atoms with van der Waals surface area (Å²) in [4.78, 5) is 11.0. The zero-order valence-electron chi connectivity index (χ0n) is 9.07. The average Bonchev–Trinajstić information content (AvgIpc) is 2.29. The van der Waals surface area contributed by atoms with Gasteiger partial charge in [0, 0.05) is 12.1 Å². The molecule has 0 saturated carbocycles. The molecule has 5 heteroatoms. The van der Waals surface area contributed by atoms with E-state index in [4.69, 9.17) is 5.11 Å². The summed E-state index contributed by atoms with van der Waals surface area (Å²) in [5.74, 6) is -1.11. The lowest BCUT2D eigenvalue weighted by Crippen LogP contribution is -2.28. The lowest BCUT2D eigenvalue weighted by atomic mass is 10.0. The van der Waals surface area contributed by atoms with Gasteiger partial charge in [-0.1, -0.05) is 24.3 Å². The summed E-state index contributed by atoms with van der Waals surface area (Å²) in [6.45, 7) is 3.74. The highest BCUT2D eigenvalue weighted by Crippen LogP contribution is 2.22. The SMILES string of the molecule is C=CCNC(C(=O)O)c1cccc(C(F)F)c1. The van der Waals surface area contributed by atoms with Crippen molar-refractivity contribution in [1.29, 1.82) is 0 Å². The fourth-order valence-electron chi connectivity index (χ4n) is 1.42. The van der Waals surface area contributed by atoms with E-state index in [0.717, 1.165) is 0 Å². The van der Waals surface area contributed by atoms with Crippen LogP contribution in [0, 0.1) is 0 Å². The Balaban J connectivity index is 2.97. The predicted octanol–water partition coefficient (Wildman–Crippen LogP) is 2.53. The molecular weight excluding hydrogens is 228 g/mol. The molecule has 1 unspecified atom stereocenters. The highest BCUT2D eigenvalue weighted by atomic mass is 19.3. The maximum Gasteiger partial charge on any atom is 0.325 e. The van der Waals surface area contributed by atoms with Gasteiger partial charge < -0.3 is 5.11 Å². The molecule has 2 N–H and O–H groups in total. The Morgan fingerprint density at radius 2 is 2.12 bits per heavy atom. The molecule has 0 aliphatic carbocycles. The minimum atomic E-state index is -2.61. The Morgan fingerprint density at radius 3 is 2.65 bits per heavy atom. The van der Waals surface area contributed by atoms with Crippen LogP contribution in [0.2, 0.25) is 0 Å². The maximum atomic E-state index is 12.5. The minimum Gasteiger partial charge on any atom is -0.480 e. The van der Waals surface area contributed by atoms with E-state index in [1.165, 1.54) is 30.3 Å². The number of aliphatic carboxylic acids is 1. The van der Waals surface area contributed by atoms with Crippen molar-refractivity contribution < 1.29 is 18.7 Å². The van der Waals surface area contributed by atoms with Crippen molar-refractivity contribution in [3.8, 4) is 0 Å². The lowest BCUT2D eigenvalue weighted by Gasteiger charge is -2.14. The largest absolute Gasteiger partial charge is 0.480 e. The van der Waals surface area contributed by atoms with E-state index >= 15 is 0 Å². The van der Waals surface area contributed by atoms with E-state index in [-0.39, 0.29) is 12.1 Å². The van der Waals surface area contributed by atoms with Crippen LogP contribution in [0.15, 0.2) is 36.9 Å². The molecule has 1 aromatic rings. The van der Waals surface area contributed by atoms with Crippen LogP contribution in [0.3, 0.4) is 0 Å². The van der Waals surface area contributed by atoms with Gasteiger partial charge >= 0.3 is 5.97 Å². The van der Waals surface area contributed by atoms with Gasteiger partial charge in [-0.3, -0.25) is 10.1 Å². The minimum absolute atomic E-state index is 0.186. The third-order valence-corrected chi connectivity index (χ3v) is 2.21. The quantitative estimate of drug-likeness (QED) is 0.752. The van der Waals surface area contributed by atoms with Gasteiger partial charge in [0.2, 0.25) is 0 Å². The molecule has 0 amide bonds. The summed E-state index contributed by atoms with van der Waals surface area (Å²) in [5, 5.41) is 11.7. The number of alkyl halides is 2. The van der Waals surface area contributed by atoms with Crippen LogP contribution in [0.1, 0.15) is 23.6 Å². The molecule has 0 aromatic heterocycles. The van der Waals surface area contributed by atoms with Crippen molar-refractivity contribution in [3.05, 3.63) is 48.0 Å². The molecular formula is C12H13F2NO2. The molecule has 0 fully saturated rings. The molecule has 0 saturated heterocycles. The summed E-state index contributed by atoms with van der Waals surface area (Å²) < 4.78 is 25.0. The van der Waals surface area contributed by atoms with Gasteiger partial charge in [-0.05, 0) is 11.6 Å². The van der Waals surface area contributed by atoms with E-state index in [1.807, 2.05) is 0 Å². The highest BCUT2D eigenvalue weighted by Gasteiger charge is 2.19. The van der Waals surface area contributed by atoms with Crippen molar-refractivity contribution >= 4 is 5.97 Å². The molecule has 1 atom stereocenters. The van der Waals surface area contributed by atoms with Gasteiger partial charge in [0.15, 0.2) is 0 Å². The van der Waals surface area contributed by atoms with Gasteiger partial charge in [-0.2, -0.15) is 0 Å². The molecule has 92 valence electrons. The van der Waals surface area contributed by atoms with E-state index < -0.39 is 18.4 Å².